The predicted octanol–water partition coefficient (Wildman–Crippen LogP) is 4.45. The number of rotatable bonds is 8. The van der Waals surface area contributed by atoms with Crippen molar-refractivity contribution in [1.82, 2.24) is 20.7 Å². The van der Waals surface area contributed by atoms with Gasteiger partial charge in [0.15, 0.2) is 5.84 Å². The Labute approximate surface area is 200 Å². The molecule has 4 rings (SSSR count). The van der Waals surface area contributed by atoms with Crippen molar-refractivity contribution in [3.8, 4) is 5.75 Å². The van der Waals surface area contributed by atoms with Crippen molar-refractivity contribution >= 4 is 45.9 Å². The van der Waals surface area contributed by atoms with Crippen molar-refractivity contribution < 1.29 is 9.53 Å². The van der Waals surface area contributed by atoms with Gasteiger partial charge in [0.1, 0.15) is 22.1 Å². The molecule has 3 aromatic heterocycles. The summed E-state index contributed by atoms with van der Waals surface area (Å²) in [4.78, 5) is 25.3. The van der Waals surface area contributed by atoms with Crippen molar-refractivity contribution in [3.05, 3.63) is 70.6 Å². The molecule has 0 saturated heterocycles. The van der Waals surface area contributed by atoms with E-state index in [1.807, 2.05) is 31.3 Å². The Morgan fingerprint density at radius 1 is 1.21 bits per heavy atom. The fourth-order valence-corrected chi connectivity index (χ4v) is 4.16. The molecule has 3 aromatic rings. The van der Waals surface area contributed by atoms with Crippen LogP contribution in [-0.4, -0.2) is 40.6 Å². The Bertz CT molecular complexity index is 1130. The van der Waals surface area contributed by atoms with Crippen molar-refractivity contribution in [2.75, 3.05) is 6.61 Å². The van der Waals surface area contributed by atoms with Crippen molar-refractivity contribution in [2.24, 2.45) is 16.0 Å². The van der Waals surface area contributed by atoms with Crippen molar-refractivity contribution in [3.63, 3.8) is 0 Å². The minimum atomic E-state index is -0.153. The van der Waals surface area contributed by atoms with E-state index in [9.17, 15) is 4.79 Å². The molecule has 2 N–H and O–H groups in total. The number of nitrogens with zero attached hydrogens (tertiary/aromatic N) is 4. The maximum absolute atomic E-state index is 12.2. The molecule has 1 aliphatic carbocycles. The number of aromatic nitrogens is 2. The summed E-state index contributed by atoms with van der Waals surface area (Å²) in [6.07, 6.45) is 6.74. The number of amides is 1. The summed E-state index contributed by atoms with van der Waals surface area (Å²) < 4.78 is 6.12. The van der Waals surface area contributed by atoms with Crippen LogP contribution in [0.15, 0.2) is 65.0 Å². The Morgan fingerprint density at radius 3 is 2.76 bits per heavy atom. The zero-order valence-corrected chi connectivity index (χ0v) is 19.5. The molecule has 8 nitrogen and oxygen atoms in total. The summed E-state index contributed by atoms with van der Waals surface area (Å²) >= 11 is 7.41. The van der Waals surface area contributed by atoms with Crippen LogP contribution in [0.3, 0.4) is 0 Å². The number of ether oxygens (including phenoxy) is 1. The smallest absolute Gasteiger partial charge is 0.270 e. The van der Waals surface area contributed by atoms with E-state index in [1.54, 1.807) is 36.7 Å². The molecule has 0 unspecified atom stereocenters. The lowest BCUT2D eigenvalue weighted by atomic mass is 9.81. The Balaban J connectivity index is 1.35. The van der Waals surface area contributed by atoms with E-state index in [1.165, 1.54) is 11.3 Å². The first-order valence-corrected chi connectivity index (χ1v) is 11.7. The summed E-state index contributed by atoms with van der Waals surface area (Å²) in [6, 6.07) is 12.7. The highest BCUT2D eigenvalue weighted by Gasteiger charge is 2.29. The average Bonchev–Trinajstić information content (AvgIpc) is 3.22. The molecule has 0 aliphatic heterocycles. The van der Waals surface area contributed by atoms with Gasteiger partial charge >= 0.3 is 0 Å². The van der Waals surface area contributed by atoms with Gasteiger partial charge in [0, 0.05) is 18.5 Å². The molecule has 0 aromatic carbocycles. The topological polar surface area (TPSA) is 101 Å². The minimum absolute atomic E-state index is 0.116. The van der Waals surface area contributed by atoms with Crippen molar-refractivity contribution in [2.45, 2.75) is 25.8 Å². The van der Waals surface area contributed by atoms with Gasteiger partial charge in [-0.05, 0) is 62.1 Å². The average molecular weight is 483 g/mol. The van der Waals surface area contributed by atoms with Gasteiger partial charge < -0.3 is 10.1 Å². The van der Waals surface area contributed by atoms with Crippen LogP contribution in [0.25, 0.3) is 0 Å². The lowest BCUT2D eigenvalue weighted by Crippen LogP contribution is -2.45. The second-order valence-electron chi connectivity index (χ2n) is 7.36. The third-order valence-electron chi connectivity index (χ3n) is 4.93. The zero-order chi connectivity index (χ0) is 23.0. The first-order valence-electron chi connectivity index (χ1n) is 10.5. The number of pyridine rings is 2. The number of hydrazone groups is 1. The molecule has 1 saturated carbocycles. The molecule has 1 amide bonds. The Kier molecular flexibility index (Phi) is 7.64. The molecular formula is C23H23ClN6O2S. The summed E-state index contributed by atoms with van der Waals surface area (Å²) in [6.45, 7) is 2.50. The molecule has 10 heteroatoms. The molecule has 3 heterocycles. The maximum Gasteiger partial charge on any atom is 0.270 e. The largest absolute Gasteiger partial charge is 0.492 e. The minimum Gasteiger partial charge on any atom is -0.492 e. The SMILES string of the molecule is CCOc1ccc(/C(=N\c2ccc(Cl)s2)N/N=C/C2CC(NC(=O)c3ccccn3)C2)nc1. The number of halogens is 1. The highest BCUT2D eigenvalue weighted by molar-refractivity contribution is 7.19. The Morgan fingerprint density at radius 2 is 2.09 bits per heavy atom. The fourth-order valence-electron chi connectivity index (χ4n) is 3.25. The molecule has 1 fully saturated rings. The Hall–Kier alpha value is -3.30. The second kappa shape index (κ2) is 11.0. The van der Waals surface area contributed by atoms with E-state index in [0.717, 1.165) is 17.8 Å². The van der Waals surface area contributed by atoms with E-state index in [-0.39, 0.29) is 17.9 Å². The van der Waals surface area contributed by atoms with Gasteiger partial charge in [0.2, 0.25) is 0 Å². The molecule has 0 bridgehead atoms. The number of amidine groups is 1. The van der Waals surface area contributed by atoms with Gasteiger partial charge in [0.25, 0.3) is 5.91 Å². The van der Waals surface area contributed by atoms with Crippen LogP contribution in [0.2, 0.25) is 4.34 Å². The van der Waals surface area contributed by atoms with Gasteiger partial charge in [-0.3, -0.25) is 15.2 Å². The number of carbonyl (C=O) groups is 1. The van der Waals surface area contributed by atoms with Gasteiger partial charge in [-0.2, -0.15) is 5.10 Å². The third-order valence-corrected chi connectivity index (χ3v) is 6.06. The molecular weight excluding hydrogens is 460 g/mol. The number of hydrogen-bond donors (Lipinski definition) is 2. The van der Waals surface area contributed by atoms with E-state index >= 15 is 0 Å². The van der Waals surface area contributed by atoms with Crippen LogP contribution >= 0.6 is 22.9 Å². The quantitative estimate of drug-likeness (QED) is 0.280. The molecule has 1 aliphatic rings. The van der Waals surface area contributed by atoms with Gasteiger partial charge in [-0.25, -0.2) is 9.98 Å². The van der Waals surface area contributed by atoms with E-state index < -0.39 is 0 Å². The second-order valence-corrected chi connectivity index (χ2v) is 9.05. The number of aliphatic imine (C=N–C) groups is 1. The predicted molar refractivity (Wildman–Crippen MR) is 131 cm³/mol. The van der Waals surface area contributed by atoms with Gasteiger partial charge in [-0.15, -0.1) is 11.3 Å². The first-order chi connectivity index (χ1) is 16.1. The van der Waals surface area contributed by atoms with E-state index in [0.29, 0.717) is 33.9 Å². The first kappa shape index (κ1) is 22.9. The van der Waals surface area contributed by atoms with Crippen LogP contribution in [0, 0.1) is 5.92 Å². The van der Waals surface area contributed by atoms with Crippen LogP contribution in [-0.2, 0) is 0 Å². The van der Waals surface area contributed by atoms with Gasteiger partial charge in [-0.1, -0.05) is 17.7 Å². The van der Waals surface area contributed by atoms with Gasteiger partial charge in [0.05, 0.1) is 17.1 Å². The van der Waals surface area contributed by atoms with E-state index in [2.05, 4.69) is 30.8 Å². The van der Waals surface area contributed by atoms with E-state index in [4.69, 9.17) is 16.3 Å². The summed E-state index contributed by atoms with van der Waals surface area (Å²) in [5.74, 6) is 1.31. The third kappa shape index (κ3) is 6.36. The zero-order valence-electron chi connectivity index (χ0n) is 17.9. The number of carbonyl (C=O) groups excluding carboxylic acids is 1. The molecule has 0 spiro atoms. The number of nitrogens with one attached hydrogen (secondary N) is 2. The van der Waals surface area contributed by atoms with Crippen LogP contribution < -0.4 is 15.5 Å². The van der Waals surface area contributed by atoms with Crippen LogP contribution in [0.5, 0.6) is 5.75 Å². The molecule has 0 radical (unpaired) electrons. The lowest BCUT2D eigenvalue weighted by Gasteiger charge is -2.33. The normalized spacial score (nSPS) is 18.1. The standard InChI is InChI=1S/C23H23ClN6O2S/c1-2-32-17-6-7-18(26-14-17)22(29-21-9-8-20(24)33-21)30-27-13-15-11-16(12-15)28-23(31)19-5-3-4-10-25-19/h3-10,13-16H,2,11-12H2,1H3,(H,28,31)(H,29,30)/b27-13+. The maximum atomic E-state index is 12.2. The highest BCUT2D eigenvalue weighted by atomic mass is 35.5. The summed E-state index contributed by atoms with van der Waals surface area (Å²) in [5, 5.41) is 8.12. The fraction of sp³-hybridized carbons (Fsp3) is 0.261. The number of hydrogen-bond acceptors (Lipinski definition) is 7. The monoisotopic (exact) mass is 482 g/mol. The summed E-state index contributed by atoms with van der Waals surface area (Å²) in [5.41, 5.74) is 4.07. The summed E-state index contributed by atoms with van der Waals surface area (Å²) in [7, 11) is 0. The van der Waals surface area contributed by atoms with Crippen LogP contribution in [0.4, 0.5) is 5.00 Å². The highest BCUT2D eigenvalue weighted by Crippen LogP contribution is 2.29. The number of thiophene rings is 1. The molecule has 170 valence electrons. The molecule has 0 atom stereocenters. The van der Waals surface area contributed by atoms with Crippen molar-refractivity contribution in [1.29, 1.82) is 0 Å². The van der Waals surface area contributed by atoms with Crippen LogP contribution in [0.1, 0.15) is 35.9 Å². The molecule has 33 heavy (non-hydrogen) atoms. The lowest BCUT2D eigenvalue weighted by molar-refractivity contribution is 0.0902.